The van der Waals surface area contributed by atoms with Crippen LogP contribution < -0.4 is 5.32 Å². The summed E-state index contributed by atoms with van der Waals surface area (Å²) in [4.78, 5) is 9.99. The van der Waals surface area contributed by atoms with Gasteiger partial charge >= 0.3 is 0 Å². The van der Waals surface area contributed by atoms with E-state index in [2.05, 4.69) is 47.8 Å². The van der Waals surface area contributed by atoms with Crippen molar-refractivity contribution in [1.29, 1.82) is 10.7 Å². The number of allylic oxidation sites excluding steroid dienone is 1. The van der Waals surface area contributed by atoms with Crippen LogP contribution in [0.1, 0.15) is 27.8 Å². The van der Waals surface area contributed by atoms with Crippen molar-refractivity contribution in [3.63, 3.8) is 0 Å². The van der Waals surface area contributed by atoms with Gasteiger partial charge < -0.3 is 10.7 Å². The number of nitriles is 1. The molecule has 7 rings (SSSR count). The van der Waals surface area contributed by atoms with Crippen LogP contribution in [-0.4, -0.2) is 16.2 Å². The molecule has 5 aromatic carbocycles. The Morgan fingerprint density at radius 2 is 1.24 bits per heavy atom. The van der Waals surface area contributed by atoms with Crippen molar-refractivity contribution >= 4 is 29.3 Å². The molecular weight excluding hydrogens is 550 g/mol. The fourth-order valence-electron chi connectivity index (χ4n) is 5.53. The molecular formula is C40H27N5. The normalized spacial score (nSPS) is 13.1. The largest absolute Gasteiger partial charge is 0.354 e. The minimum atomic E-state index is 0.607. The lowest BCUT2D eigenvalue weighted by molar-refractivity contribution is 1.18. The van der Waals surface area contributed by atoms with Gasteiger partial charge in [-0.05, 0) is 47.0 Å². The number of benzene rings is 5. The molecule has 212 valence electrons. The lowest BCUT2D eigenvalue weighted by atomic mass is 9.90. The summed E-state index contributed by atoms with van der Waals surface area (Å²) < 4.78 is 0. The smallest absolute Gasteiger partial charge is 0.160 e. The second kappa shape index (κ2) is 12.1. The number of fused-ring (bicyclic) bond motifs is 1. The van der Waals surface area contributed by atoms with Crippen molar-refractivity contribution in [3.05, 3.63) is 167 Å². The van der Waals surface area contributed by atoms with Crippen LogP contribution in [0.4, 0.5) is 0 Å². The zero-order valence-corrected chi connectivity index (χ0v) is 24.3. The SMILES string of the molecule is N#Cc1ccc(C2=Cc3ccc(-c4cc(-c5ccccc5)nc(-c5ccccc5)n4)cc3/C(=C(/C=N)c3ccccc3)N2)cc1. The van der Waals surface area contributed by atoms with Crippen LogP contribution in [0.25, 0.3) is 56.9 Å². The molecule has 0 saturated carbocycles. The van der Waals surface area contributed by atoms with E-state index in [0.29, 0.717) is 11.4 Å². The van der Waals surface area contributed by atoms with E-state index in [1.54, 1.807) is 0 Å². The van der Waals surface area contributed by atoms with E-state index in [1.807, 2.05) is 109 Å². The molecule has 0 aliphatic carbocycles. The zero-order valence-electron chi connectivity index (χ0n) is 24.3. The molecule has 0 unspecified atom stereocenters. The van der Waals surface area contributed by atoms with Gasteiger partial charge in [0, 0.05) is 39.7 Å². The molecule has 0 radical (unpaired) electrons. The average molecular weight is 578 g/mol. The van der Waals surface area contributed by atoms with E-state index in [-0.39, 0.29) is 0 Å². The van der Waals surface area contributed by atoms with Crippen LogP contribution in [-0.2, 0) is 0 Å². The summed E-state index contributed by atoms with van der Waals surface area (Å²) in [6, 6.07) is 48.2. The van der Waals surface area contributed by atoms with Crippen LogP contribution in [0.5, 0.6) is 0 Å². The first-order chi connectivity index (χ1) is 22.2. The van der Waals surface area contributed by atoms with Crippen LogP contribution in [0.15, 0.2) is 140 Å². The highest BCUT2D eigenvalue weighted by Crippen LogP contribution is 2.37. The molecule has 0 bridgehead atoms. The molecule has 0 fully saturated rings. The van der Waals surface area contributed by atoms with E-state index in [0.717, 1.165) is 67.3 Å². The summed E-state index contributed by atoms with van der Waals surface area (Å²) in [6.45, 7) is 0. The minimum absolute atomic E-state index is 0.607. The summed E-state index contributed by atoms with van der Waals surface area (Å²) in [5.41, 5.74) is 11.5. The summed E-state index contributed by atoms with van der Waals surface area (Å²) >= 11 is 0. The first-order valence-electron chi connectivity index (χ1n) is 14.6. The third-order valence-electron chi connectivity index (χ3n) is 7.83. The van der Waals surface area contributed by atoms with Gasteiger partial charge in [0.2, 0.25) is 0 Å². The molecule has 0 amide bonds. The third kappa shape index (κ3) is 5.56. The van der Waals surface area contributed by atoms with Crippen LogP contribution >= 0.6 is 0 Å². The lowest BCUT2D eigenvalue weighted by Crippen LogP contribution is -2.18. The fraction of sp³-hybridized carbons (Fsp3) is 0. The maximum absolute atomic E-state index is 9.30. The van der Waals surface area contributed by atoms with Gasteiger partial charge in [0.15, 0.2) is 5.82 Å². The molecule has 5 heteroatoms. The Morgan fingerprint density at radius 3 is 1.89 bits per heavy atom. The highest BCUT2D eigenvalue weighted by Gasteiger charge is 2.21. The maximum Gasteiger partial charge on any atom is 0.160 e. The minimum Gasteiger partial charge on any atom is -0.354 e. The number of nitrogens with one attached hydrogen (secondary N) is 2. The van der Waals surface area contributed by atoms with Gasteiger partial charge in [-0.15, -0.1) is 0 Å². The van der Waals surface area contributed by atoms with Gasteiger partial charge in [0.25, 0.3) is 0 Å². The Balaban J connectivity index is 1.42. The van der Waals surface area contributed by atoms with Crippen molar-refractivity contribution in [2.75, 3.05) is 0 Å². The first kappa shape index (κ1) is 27.5. The van der Waals surface area contributed by atoms with Crippen molar-refractivity contribution in [3.8, 4) is 40.0 Å². The van der Waals surface area contributed by atoms with Gasteiger partial charge in [-0.1, -0.05) is 115 Å². The summed E-state index contributed by atoms with van der Waals surface area (Å²) in [5, 5.41) is 21.4. The van der Waals surface area contributed by atoms with E-state index < -0.39 is 0 Å². The molecule has 1 aromatic heterocycles. The monoisotopic (exact) mass is 577 g/mol. The number of aromatic nitrogens is 2. The molecule has 5 nitrogen and oxygen atoms in total. The topological polar surface area (TPSA) is 85.5 Å². The molecule has 6 aromatic rings. The van der Waals surface area contributed by atoms with Crippen molar-refractivity contribution < 1.29 is 0 Å². The highest BCUT2D eigenvalue weighted by molar-refractivity contribution is 6.20. The third-order valence-corrected chi connectivity index (χ3v) is 7.83. The van der Waals surface area contributed by atoms with Crippen LogP contribution in [0, 0.1) is 16.7 Å². The quantitative estimate of drug-likeness (QED) is 0.194. The predicted octanol–water partition coefficient (Wildman–Crippen LogP) is 8.97. The van der Waals surface area contributed by atoms with Crippen LogP contribution in [0.2, 0.25) is 0 Å². The highest BCUT2D eigenvalue weighted by atomic mass is 14.9. The van der Waals surface area contributed by atoms with Gasteiger partial charge in [0.1, 0.15) is 0 Å². The van der Waals surface area contributed by atoms with Crippen LogP contribution in [0.3, 0.4) is 0 Å². The predicted molar refractivity (Wildman–Crippen MR) is 183 cm³/mol. The second-order valence-corrected chi connectivity index (χ2v) is 10.7. The van der Waals surface area contributed by atoms with Crippen molar-refractivity contribution in [2.24, 2.45) is 0 Å². The number of hydrogen-bond donors (Lipinski definition) is 2. The first-order valence-corrected chi connectivity index (χ1v) is 14.6. The van der Waals surface area contributed by atoms with Gasteiger partial charge in [-0.3, -0.25) is 0 Å². The number of rotatable bonds is 6. The summed E-state index contributed by atoms with van der Waals surface area (Å²) in [5.74, 6) is 0.658. The Morgan fingerprint density at radius 1 is 0.644 bits per heavy atom. The second-order valence-electron chi connectivity index (χ2n) is 10.7. The summed E-state index contributed by atoms with van der Waals surface area (Å²) in [6.07, 6.45) is 3.52. The fourth-order valence-corrected chi connectivity index (χ4v) is 5.53. The summed E-state index contributed by atoms with van der Waals surface area (Å²) in [7, 11) is 0. The molecule has 45 heavy (non-hydrogen) atoms. The molecule has 0 spiro atoms. The molecule has 0 atom stereocenters. The maximum atomic E-state index is 9.30. The van der Waals surface area contributed by atoms with E-state index in [9.17, 15) is 5.26 Å². The van der Waals surface area contributed by atoms with Crippen molar-refractivity contribution in [1.82, 2.24) is 15.3 Å². The Hall–Kier alpha value is -6.38. The van der Waals surface area contributed by atoms with Crippen molar-refractivity contribution in [2.45, 2.75) is 0 Å². The van der Waals surface area contributed by atoms with Gasteiger partial charge in [-0.25, -0.2) is 9.97 Å². The standard InChI is InChI=1S/C40H27N5/c41-25-27-16-18-30(19-17-27)36-23-32-20-21-33(22-34(32)39(43-36)35(26-42)28-10-4-1-5-11-28)38-24-37(29-12-6-2-7-13-29)44-40(45-38)31-14-8-3-9-15-31/h1-24,26,42-43H/b39-35+,42-26?. The Bertz CT molecular complexity index is 2070. The number of nitrogens with zero attached hydrogens (tertiary/aromatic N) is 3. The van der Waals surface area contributed by atoms with E-state index in [1.165, 1.54) is 6.21 Å². The van der Waals surface area contributed by atoms with E-state index >= 15 is 0 Å². The molecule has 2 heterocycles. The molecule has 1 aliphatic heterocycles. The Labute approximate surface area is 262 Å². The Kier molecular flexibility index (Phi) is 7.37. The van der Waals surface area contributed by atoms with E-state index in [4.69, 9.17) is 15.4 Å². The molecule has 0 saturated heterocycles. The zero-order chi connectivity index (χ0) is 30.6. The molecule has 1 aliphatic rings. The van der Waals surface area contributed by atoms with Gasteiger partial charge in [-0.2, -0.15) is 5.26 Å². The number of hydrogen-bond acceptors (Lipinski definition) is 5. The van der Waals surface area contributed by atoms with Gasteiger partial charge in [0.05, 0.1) is 28.7 Å². The average Bonchev–Trinajstić information content (AvgIpc) is 3.12. The lowest BCUT2D eigenvalue weighted by Gasteiger charge is -2.25. The molecule has 2 N–H and O–H groups in total.